The quantitative estimate of drug-likeness (QED) is 0.664. The number of carbonyl (C=O) groups is 2. The Labute approximate surface area is 123 Å². The van der Waals surface area contributed by atoms with Crippen LogP contribution in [0.25, 0.3) is 0 Å². The lowest BCUT2D eigenvalue weighted by Crippen LogP contribution is -2.43. The van der Waals surface area contributed by atoms with Crippen molar-refractivity contribution in [2.75, 3.05) is 13.1 Å². The summed E-state index contributed by atoms with van der Waals surface area (Å²) < 4.78 is 0. The van der Waals surface area contributed by atoms with E-state index in [1.54, 1.807) is 24.3 Å². The average Bonchev–Trinajstić information content (AvgIpc) is 2.44. The van der Waals surface area contributed by atoms with Crippen molar-refractivity contribution in [1.29, 1.82) is 0 Å². The van der Waals surface area contributed by atoms with Gasteiger partial charge in [-0.25, -0.2) is 0 Å². The third kappa shape index (κ3) is 5.59. The third-order valence-corrected chi connectivity index (χ3v) is 3.00. The van der Waals surface area contributed by atoms with Crippen LogP contribution in [0.15, 0.2) is 24.3 Å². The van der Waals surface area contributed by atoms with E-state index in [0.717, 1.165) is 6.42 Å². The van der Waals surface area contributed by atoms with Crippen LogP contribution in [0.4, 0.5) is 0 Å². The molecule has 0 spiro atoms. The molecule has 0 aliphatic heterocycles. The van der Waals surface area contributed by atoms with Crippen molar-refractivity contribution < 1.29 is 9.59 Å². The smallest absolute Gasteiger partial charge is 0.251 e. The Morgan fingerprint density at radius 3 is 2.40 bits per heavy atom. The second kappa shape index (κ2) is 8.55. The fourth-order valence-corrected chi connectivity index (χ4v) is 1.76. The molecular weight excluding hydrogens is 278 g/mol. The molecule has 4 N–H and O–H groups in total. The van der Waals surface area contributed by atoms with E-state index < -0.39 is 6.04 Å². The van der Waals surface area contributed by atoms with Crippen LogP contribution in [0.1, 0.15) is 30.1 Å². The van der Waals surface area contributed by atoms with E-state index in [1.807, 2.05) is 6.92 Å². The zero-order chi connectivity index (χ0) is 15.0. The average molecular weight is 298 g/mol. The number of nitrogens with two attached hydrogens (primary N) is 1. The van der Waals surface area contributed by atoms with Gasteiger partial charge in [0.15, 0.2) is 0 Å². The Morgan fingerprint density at radius 2 is 1.80 bits per heavy atom. The number of benzene rings is 1. The minimum atomic E-state index is -0.480. The highest BCUT2D eigenvalue weighted by Crippen LogP contribution is 2.09. The van der Waals surface area contributed by atoms with Crippen molar-refractivity contribution >= 4 is 23.4 Å². The molecule has 5 nitrogen and oxygen atoms in total. The predicted octanol–water partition coefficient (Wildman–Crippen LogP) is 1.31. The van der Waals surface area contributed by atoms with Crippen LogP contribution in [-0.2, 0) is 4.79 Å². The first-order valence-electron chi connectivity index (χ1n) is 6.61. The van der Waals surface area contributed by atoms with E-state index in [0.29, 0.717) is 30.1 Å². The molecule has 1 aromatic carbocycles. The maximum atomic E-state index is 11.7. The standard InChI is InChI=1S/C14H20ClN3O2/c1-2-3-12(16)14(20)18-9-8-17-13(19)10-4-6-11(15)7-5-10/h4-7,12H,2-3,8-9,16H2,1H3,(H,17,19)(H,18,20). The van der Waals surface area contributed by atoms with Gasteiger partial charge in [0.2, 0.25) is 5.91 Å². The molecule has 2 amide bonds. The molecule has 0 fully saturated rings. The number of amides is 2. The molecule has 0 aliphatic rings. The molecule has 0 bridgehead atoms. The summed E-state index contributed by atoms with van der Waals surface area (Å²) in [6, 6.07) is 6.12. The van der Waals surface area contributed by atoms with Gasteiger partial charge < -0.3 is 16.4 Å². The van der Waals surface area contributed by atoms with Crippen LogP contribution in [0, 0.1) is 0 Å². The second-order valence-corrected chi connectivity index (χ2v) is 4.89. The molecule has 1 rings (SSSR count). The van der Waals surface area contributed by atoms with Gasteiger partial charge in [0.25, 0.3) is 5.91 Å². The molecule has 20 heavy (non-hydrogen) atoms. The molecule has 6 heteroatoms. The summed E-state index contributed by atoms with van der Waals surface area (Å²) in [6.07, 6.45) is 1.52. The normalized spacial score (nSPS) is 11.8. The highest BCUT2D eigenvalue weighted by Gasteiger charge is 2.11. The summed E-state index contributed by atoms with van der Waals surface area (Å²) in [6.45, 7) is 2.68. The van der Waals surface area contributed by atoms with Gasteiger partial charge in [-0.2, -0.15) is 0 Å². The van der Waals surface area contributed by atoms with E-state index in [2.05, 4.69) is 10.6 Å². The van der Waals surface area contributed by atoms with E-state index in [9.17, 15) is 9.59 Å². The molecule has 0 saturated heterocycles. The predicted molar refractivity (Wildman–Crippen MR) is 79.7 cm³/mol. The molecule has 1 atom stereocenters. The van der Waals surface area contributed by atoms with Crippen LogP contribution >= 0.6 is 11.6 Å². The lowest BCUT2D eigenvalue weighted by atomic mass is 10.2. The SMILES string of the molecule is CCCC(N)C(=O)NCCNC(=O)c1ccc(Cl)cc1. The maximum Gasteiger partial charge on any atom is 0.251 e. The maximum absolute atomic E-state index is 11.7. The molecule has 0 saturated carbocycles. The van der Waals surface area contributed by atoms with Crippen LogP contribution in [0.2, 0.25) is 5.02 Å². The summed E-state index contributed by atoms with van der Waals surface area (Å²) in [4.78, 5) is 23.3. The number of hydrogen-bond donors (Lipinski definition) is 3. The first-order valence-corrected chi connectivity index (χ1v) is 6.99. The second-order valence-electron chi connectivity index (χ2n) is 4.45. The molecule has 110 valence electrons. The van der Waals surface area contributed by atoms with Crippen molar-refractivity contribution in [3.63, 3.8) is 0 Å². The molecule has 1 unspecified atom stereocenters. The van der Waals surface area contributed by atoms with E-state index in [1.165, 1.54) is 0 Å². The van der Waals surface area contributed by atoms with Crippen LogP contribution in [0.5, 0.6) is 0 Å². The van der Waals surface area contributed by atoms with Crippen LogP contribution in [-0.4, -0.2) is 30.9 Å². The van der Waals surface area contributed by atoms with Gasteiger partial charge in [-0.15, -0.1) is 0 Å². The van der Waals surface area contributed by atoms with Gasteiger partial charge >= 0.3 is 0 Å². The molecule has 0 heterocycles. The summed E-state index contributed by atoms with van der Waals surface area (Å²) >= 11 is 5.74. The molecule has 0 aliphatic carbocycles. The highest BCUT2D eigenvalue weighted by molar-refractivity contribution is 6.30. The summed E-state index contributed by atoms with van der Waals surface area (Å²) in [7, 11) is 0. The van der Waals surface area contributed by atoms with Gasteiger partial charge in [0.05, 0.1) is 6.04 Å². The Kier molecular flexibility index (Phi) is 7.04. The zero-order valence-electron chi connectivity index (χ0n) is 11.5. The summed E-state index contributed by atoms with van der Waals surface area (Å²) in [5, 5.41) is 5.97. The van der Waals surface area contributed by atoms with Crippen LogP contribution < -0.4 is 16.4 Å². The number of hydrogen-bond acceptors (Lipinski definition) is 3. The van der Waals surface area contributed by atoms with Gasteiger partial charge in [0.1, 0.15) is 0 Å². The van der Waals surface area contributed by atoms with Gasteiger partial charge in [-0.1, -0.05) is 24.9 Å². The minimum Gasteiger partial charge on any atom is -0.353 e. The van der Waals surface area contributed by atoms with Crippen molar-refractivity contribution in [2.24, 2.45) is 5.73 Å². The summed E-state index contributed by atoms with van der Waals surface area (Å²) in [5.41, 5.74) is 6.19. The van der Waals surface area contributed by atoms with E-state index >= 15 is 0 Å². The van der Waals surface area contributed by atoms with Gasteiger partial charge in [0, 0.05) is 23.7 Å². The van der Waals surface area contributed by atoms with Crippen molar-refractivity contribution in [2.45, 2.75) is 25.8 Å². The molecule has 0 radical (unpaired) electrons. The van der Waals surface area contributed by atoms with Gasteiger partial charge in [-0.05, 0) is 30.7 Å². The number of carbonyl (C=O) groups excluding carboxylic acids is 2. The Hall–Kier alpha value is -1.59. The first-order chi connectivity index (χ1) is 9.54. The van der Waals surface area contributed by atoms with E-state index in [-0.39, 0.29) is 11.8 Å². The third-order valence-electron chi connectivity index (χ3n) is 2.75. The minimum absolute atomic E-state index is 0.187. The highest BCUT2D eigenvalue weighted by atomic mass is 35.5. The molecule has 0 aromatic heterocycles. The Morgan fingerprint density at radius 1 is 1.20 bits per heavy atom. The lowest BCUT2D eigenvalue weighted by Gasteiger charge is -2.11. The lowest BCUT2D eigenvalue weighted by molar-refractivity contribution is -0.122. The number of rotatable bonds is 7. The number of halogens is 1. The van der Waals surface area contributed by atoms with Crippen molar-refractivity contribution in [3.05, 3.63) is 34.9 Å². The molecule has 1 aromatic rings. The largest absolute Gasteiger partial charge is 0.353 e. The van der Waals surface area contributed by atoms with Crippen molar-refractivity contribution in [3.8, 4) is 0 Å². The number of nitrogens with one attached hydrogen (secondary N) is 2. The van der Waals surface area contributed by atoms with Crippen LogP contribution in [0.3, 0.4) is 0 Å². The zero-order valence-corrected chi connectivity index (χ0v) is 12.2. The topological polar surface area (TPSA) is 84.2 Å². The first kappa shape index (κ1) is 16.5. The monoisotopic (exact) mass is 297 g/mol. The summed E-state index contributed by atoms with van der Waals surface area (Å²) in [5.74, 6) is -0.388. The fraction of sp³-hybridized carbons (Fsp3) is 0.429. The van der Waals surface area contributed by atoms with Crippen molar-refractivity contribution in [1.82, 2.24) is 10.6 Å². The van der Waals surface area contributed by atoms with E-state index in [4.69, 9.17) is 17.3 Å². The Bertz CT molecular complexity index is 448. The fourth-order valence-electron chi connectivity index (χ4n) is 1.64. The Balaban J connectivity index is 2.25. The molecular formula is C14H20ClN3O2. The van der Waals surface area contributed by atoms with Gasteiger partial charge in [-0.3, -0.25) is 9.59 Å².